The van der Waals surface area contributed by atoms with Crippen LogP contribution in [0.25, 0.3) is 11.1 Å². The summed E-state index contributed by atoms with van der Waals surface area (Å²) in [5.74, 6) is 0.837. The minimum absolute atomic E-state index is 0.00917. The SMILES string of the molecule is Cc1cc(C(=O)N2CCCCC[C@H]2c2ccco2)c2c(C)noc2n1. The van der Waals surface area contributed by atoms with Gasteiger partial charge in [-0.3, -0.25) is 4.79 Å². The molecule has 1 aliphatic rings. The van der Waals surface area contributed by atoms with Crippen molar-refractivity contribution in [3.63, 3.8) is 0 Å². The van der Waals surface area contributed by atoms with Gasteiger partial charge in [0, 0.05) is 12.2 Å². The molecule has 3 aromatic heterocycles. The number of carbonyl (C=O) groups is 1. The first kappa shape index (κ1) is 15.9. The minimum atomic E-state index is -0.0336. The molecular formula is C19H21N3O3. The molecule has 1 amide bonds. The van der Waals surface area contributed by atoms with Crippen molar-refractivity contribution < 1.29 is 13.7 Å². The van der Waals surface area contributed by atoms with Crippen molar-refractivity contribution in [1.29, 1.82) is 0 Å². The number of aryl methyl sites for hydroxylation is 2. The van der Waals surface area contributed by atoms with Crippen molar-refractivity contribution in [2.75, 3.05) is 6.54 Å². The van der Waals surface area contributed by atoms with E-state index in [1.807, 2.05) is 36.9 Å². The van der Waals surface area contributed by atoms with E-state index in [4.69, 9.17) is 8.94 Å². The second-order valence-electron chi connectivity index (χ2n) is 6.64. The maximum atomic E-state index is 13.5. The van der Waals surface area contributed by atoms with Crippen LogP contribution < -0.4 is 0 Å². The highest BCUT2D eigenvalue weighted by molar-refractivity contribution is 6.06. The van der Waals surface area contributed by atoms with Gasteiger partial charge in [-0.25, -0.2) is 4.98 Å². The zero-order valence-corrected chi connectivity index (χ0v) is 14.5. The molecule has 6 nitrogen and oxygen atoms in total. The number of furan rings is 1. The van der Waals surface area contributed by atoms with Gasteiger partial charge in [0.05, 0.1) is 28.9 Å². The zero-order chi connectivity index (χ0) is 17.4. The molecule has 0 N–H and O–H groups in total. The molecule has 1 fully saturated rings. The molecule has 3 aromatic rings. The number of carbonyl (C=O) groups excluding carboxylic acids is 1. The Morgan fingerprint density at radius 3 is 2.96 bits per heavy atom. The van der Waals surface area contributed by atoms with Gasteiger partial charge in [-0.2, -0.15) is 0 Å². The lowest BCUT2D eigenvalue weighted by molar-refractivity contribution is 0.0660. The van der Waals surface area contributed by atoms with Gasteiger partial charge in [-0.05, 0) is 44.9 Å². The van der Waals surface area contributed by atoms with Crippen LogP contribution in [-0.4, -0.2) is 27.5 Å². The molecule has 130 valence electrons. The number of aromatic nitrogens is 2. The van der Waals surface area contributed by atoms with Gasteiger partial charge >= 0.3 is 0 Å². The van der Waals surface area contributed by atoms with Crippen LogP contribution in [0.3, 0.4) is 0 Å². The van der Waals surface area contributed by atoms with Crippen molar-refractivity contribution in [2.45, 2.75) is 45.6 Å². The molecule has 4 heterocycles. The average Bonchev–Trinajstić information content (AvgIpc) is 3.18. The predicted octanol–water partition coefficient (Wildman–Crippen LogP) is 4.19. The van der Waals surface area contributed by atoms with Crippen LogP contribution in [0.4, 0.5) is 0 Å². The van der Waals surface area contributed by atoms with Crippen LogP contribution in [0.2, 0.25) is 0 Å². The molecular weight excluding hydrogens is 318 g/mol. The third kappa shape index (κ3) is 2.81. The Bertz CT molecular complexity index is 898. The first-order chi connectivity index (χ1) is 12.1. The molecule has 0 unspecified atom stereocenters. The first-order valence-corrected chi connectivity index (χ1v) is 8.73. The van der Waals surface area contributed by atoms with Gasteiger partial charge in [-0.1, -0.05) is 18.0 Å². The summed E-state index contributed by atoms with van der Waals surface area (Å²) in [4.78, 5) is 19.8. The molecule has 0 bridgehead atoms. The molecule has 0 radical (unpaired) electrons. The standard InChI is InChI=1S/C19H21N3O3/c1-12-11-14(17-13(2)21-25-18(17)20-12)19(23)22-9-5-3-4-7-15(22)16-8-6-10-24-16/h6,8,10-11,15H,3-5,7,9H2,1-2H3/t15-/m0/s1. The molecule has 25 heavy (non-hydrogen) atoms. The third-order valence-electron chi connectivity index (χ3n) is 4.86. The van der Waals surface area contributed by atoms with Gasteiger partial charge in [0.25, 0.3) is 11.6 Å². The van der Waals surface area contributed by atoms with E-state index < -0.39 is 0 Å². The predicted molar refractivity (Wildman–Crippen MR) is 92.2 cm³/mol. The lowest BCUT2D eigenvalue weighted by Gasteiger charge is -2.29. The zero-order valence-electron chi connectivity index (χ0n) is 14.5. The largest absolute Gasteiger partial charge is 0.467 e. The fraction of sp³-hybridized carbons (Fsp3) is 0.421. The van der Waals surface area contributed by atoms with Crippen LogP contribution in [0.5, 0.6) is 0 Å². The molecule has 6 heteroatoms. The molecule has 4 rings (SSSR count). The quantitative estimate of drug-likeness (QED) is 0.700. The molecule has 0 saturated carbocycles. The van der Waals surface area contributed by atoms with Crippen LogP contribution in [0.15, 0.2) is 33.4 Å². The summed E-state index contributed by atoms with van der Waals surface area (Å²) >= 11 is 0. The van der Waals surface area contributed by atoms with Crippen molar-refractivity contribution in [3.05, 3.63) is 47.2 Å². The Morgan fingerprint density at radius 2 is 2.16 bits per heavy atom. The Morgan fingerprint density at radius 1 is 1.28 bits per heavy atom. The average molecular weight is 339 g/mol. The molecule has 0 aliphatic carbocycles. The number of fused-ring (bicyclic) bond motifs is 1. The topological polar surface area (TPSA) is 72.4 Å². The second-order valence-corrected chi connectivity index (χ2v) is 6.64. The van der Waals surface area contributed by atoms with E-state index in [1.54, 1.807) is 6.26 Å². The smallest absolute Gasteiger partial charge is 0.258 e. The number of hydrogen-bond acceptors (Lipinski definition) is 5. The van der Waals surface area contributed by atoms with Gasteiger partial charge < -0.3 is 13.8 Å². The Balaban J connectivity index is 1.79. The summed E-state index contributed by atoms with van der Waals surface area (Å²) in [7, 11) is 0. The van der Waals surface area contributed by atoms with Gasteiger partial charge in [0.15, 0.2) is 0 Å². The summed E-state index contributed by atoms with van der Waals surface area (Å²) in [6.07, 6.45) is 5.79. The van der Waals surface area contributed by atoms with Crippen molar-refractivity contribution in [2.24, 2.45) is 0 Å². The Hall–Kier alpha value is -2.63. The minimum Gasteiger partial charge on any atom is -0.467 e. The third-order valence-corrected chi connectivity index (χ3v) is 4.86. The number of rotatable bonds is 2. The van der Waals surface area contributed by atoms with Crippen LogP contribution in [0.1, 0.15) is 59.2 Å². The van der Waals surface area contributed by atoms with E-state index in [1.165, 1.54) is 0 Å². The maximum absolute atomic E-state index is 13.5. The Kier molecular flexibility index (Phi) is 4.03. The lowest BCUT2D eigenvalue weighted by atomic mass is 10.0. The highest BCUT2D eigenvalue weighted by Crippen LogP contribution is 2.33. The van der Waals surface area contributed by atoms with E-state index in [9.17, 15) is 4.79 Å². The van der Waals surface area contributed by atoms with Gasteiger partial charge in [0.1, 0.15) is 5.76 Å². The normalized spacial score (nSPS) is 18.5. The van der Waals surface area contributed by atoms with Crippen molar-refractivity contribution >= 4 is 17.0 Å². The second kappa shape index (κ2) is 6.35. The number of amides is 1. The van der Waals surface area contributed by atoms with Crippen LogP contribution in [0, 0.1) is 13.8 Å². The molecule has 0 spiro atoms. The lowest BCUT2D eigenvalue weighted by Crippen LogP contribution is -2.35. The summed E-state index contributed by atoms with van der Waals surface area (Å²) in [5, 5.41) is 4.69. The van der Waals surface area contributed by atoms with Crippen molar-refractivity contribution in [1.82, 2.24) is 15.0 Å². The molecule has 0 aromatic carbocycles. The maximum Gasteiger partial charge on any atom is 0.258 e. The fourth-order valence-corrected chi connectivity index (χ4v) is 3.67. The van der Waals surface area contributed by atoms with Crippen LogP contribution in [-0.2, 0) is 0 Å². The fourth-order valence-electron chi connectivity index (χ4n) is 3.67. The van der Waals surface area contributed by atoms with E-state index in [-0.39, 0.29) is 11.9 Å². The van der Waals surface area contributed by atoms with Crippen LogP contribution >= 0.6 is 0 Å². The summed E-state index contributed by atoms with van der Waals surface area (Å²) < 4.78 is 10.9. The van der Waals surface area contributed by atoms with Gasteiger partial charge in [-0.15, -0.1) is 0 Å². The molecule has 1 atom stereocenters. The van der Waals surface area contributed by atoms with E-state index >= 15 is 0 Å². The number of nitrogens with zero attached hydrogens (tertiary/aromatic N) is 3. The summed E-state index contributed by atoms with van der Waals surface area (Å²) in [6.45, 7) is 4.42. The Labute approximate surface area is 145 Å². The monoisotopic (exact) mass is 339 g/mol. The highest BCUT2D eigenvalue weighted by Gasteiger charge is 2.31. The van der Waals surface area contributed by atoms with E-state index in [0.29, 0.717) is 22.4 Å². The first-order valence-electron chi connectivity index (χ1n) is 8.73. The van der Waals surface area contributed by atoms with Gasteiger partial charge in [0.2, 0.25) is 0 Å². The molecule has 1 saturated heterocycles. The molecule has 1 aliphatic heterocycles. The number of hydrogen-bond donors (Lipinski definition) is 0. The highest BCUT2D eigenvalue weighted by atomic mass is 16.5. The summed E-state index contributed by atoms with van der Waals surface area (Å²) in [6, 6.07) is 5.63. The van der Waals surface area contributed by atoms with E-state index in [0.717, 1.165) is 43.7 Å². The number of pyridine rings is 1. The van der Waals surface area contributed by atoms with E-state index in [2.05, 4.69) is 10.1 Å². The number of likely N-dealkylation sites (tertiary alicyclic amines) is 1. The summed E-state index contributed by atoms with van der Waals surface area (Å²) in [5.41, 5.74) is 2.47. The van der Waals surface area contributed by atoms with Crippen molar-refractivity contribution in [3.8, 4) is 0 Å².